The number of piperidine rings is 2. The molecular formula is C50H71Cl2FN14O2. The fourth-order valence-electron chi connectivity index (χ4n) is 8.97. The zero-order valence-corrected chi connectivity index (χ0v) is 41.2. The number of halogens is 3. The van der Waals surface area contributed by atoms with Crippen molar-refractivity contribution in [2.24, 2.45) is 25.9 Å². The van der Waals surface area contributed by atoms with Gasteiger partial charge in [-0.2, -0.15) is 0 Å². The summed E-state index contributed by atoms with van der Waals surface area (Å²) in [6.07, 6.45) is 9.42. The maximum Gasteiger partial charge on any atom is 0.319 e. The van der Waals surface area contributed by atoms with E-state index in [0.29, 0.717) is 47.3 Å². The van der Waals surface area contributed by atoms with Gasteiger partial charge in [0.25, 0.3) is 0 Å². The normalized spacial score (nSPS) is 16.3. The summed E-state index contributed by atoms with van der Waals surface area (Å²) in [6.45, 7) is 9.52. The summed E-state index contributed by atoms with van der Waals surface area (Å²) < 4.78 is 16.2. The molecule has 16 nitrogen and oxygen atoms in total. The number of benzene rings is 4. The summed E-state index contributed by atoms with van der Waals surface area (Å²) in [5.74, 6) is 1.98. The van der Waals surface area contributed by atoms with Crippen LogP contribution < -0.4 is 21.3 Å². The molecule has 374 valence electrons. The molecule has 2 atom stereocenters. The topological polar surface area (TPSA) is 176 Å². The van der Waals surface area contributed by atoms with Crippen LogP contribution in [-0.4, -0.2) is 115 Å². The van der Waals surface area contributed by atoms with Crippen molar-refractivity contribution < 1.29 is 19.7 Å². The number of tetrazole rings is 2. The van der Waals surface area contributed by atoms with E-state index in [0.717, 1.165) is 130 Å². The second-order valence-electron chi connectivity index (χ2n) is 18.0. The highest BCUT2D eigenvalue weighted by Crippen LogP contribution is 2.26. The number of unbranched alkanes of at least 4 members (excludes halogenated alkanes) is 1. The molecule has 0 bridgehead atoms. The number of nitrogens with zero attached hydrogens (tertiary/aromatic N) is 10. The number of hydrogen-bond acceptors (Lipinski definition) is 10. The van der Waals surface area contributed by atoms with E-state index in [1.807, 2.05) is 66.7 Å². The van der Waals surface area contributed by atoms with Crippen LogP contribution in [0.2, 0.25) is 10.0 Å². The number of anilines is 2. The molecular weight excluding hydrogens is 919 g/mol. The Bertz CT molecular complexity index is 2610. The van der Waals surface area contributed by atoms with Crippen LogP contribution in [0.4, 0.5) is 25.4 Å². The molecule has 69 heavy (non-hydrogen) atoms. The highest BCUT2D eigenvalue weighted by molar-refractivity contribution is 6.35. The van der Waals surface area contributed by atoms with Crippen LogP contribution >= 0.6 is 23.2 Å². The van der Waals surface area contributed by atoms with Gasteiger partial charge in [-0.3, -0.25) is 0 Å². The molecule has 0 aliphatic carbocycles. The molecule has 0 spiro atoms. The highest BCUT2D eigenvalue weighted by atomic mass is 35.5. The molecule has 4 aromatic carbocycles. The van der Waals surface area contributed by atoms with Crippen molar-refractivity contribution in [3.63, 3.8) is 0 Å². The Morgan fingerprint density at radius 3 is 1.94 bits per heavy atom. The molecule has 6 aromatic rings. The molecule has 1 unspecified atom stereocenters. The van der Waals surface area contributed by atoms with Crippen LogP contribution in [0.15, 0.2) is 84.9 Å². The van der Waals surface area contributed by atoms with Crippen LogP contribution in [0.1, 0.15) is 67.8 Å². The summed E-state index contributed by atoms with van der Waals surface area (Å²) >= 11 is 12.3. The number of carbonyl (C=O) groups is 2. The molecule has 4 heterocycles. The van der Waals surface area contributed by atoms with E-state index >= 15 is 0 Å². The number of hydrogen-bond donors (Lipinski definition) is 4. The first-order chi connectivity index (χ1) is 33.5. The van der Waals surface area contributed by atoms with E-state index in [2.05, 4.69) is 69.0 Å². The van der Waals surface area contributed by atoms with Gasteiger partial charge in [0.2, 0.25) is 0 Å². The molecule has 0 radical (unpaired) electrons. The van der Waals surface area contributed by atoms with Crippen LogP contribution in [0.3, 0.4) is 0 Å². The van der Waals surface area contributed by atoms with Crippen molar-refractivity contribution in [3.8, 4) is 22.8 Å². The Morgan fingerprint density at radius 2 is 1.32 bits per heavy atom. The SMILES string of the molecule is CCc1cc(NC(=O)NC[C@@H]2CCCN(CCc3ccc(Cl)cc3Cl)C2)cc(-c2nnnn2C)c1.Cn1nnnc1-c1cccc(NC(=O)NCC2CCCN(CCCCc3ccc(F)cc3)C2)c1.[HH].[HH].[HH].[HH]. The number of amides is 4. The molecule has 2 aliphatic heterocycles. The Kier molecular flexibility index (Phi) is 18.8. The Balaban J connectivity index is 0.000000365. The van der Waals surface area contributed by atoms with Gasteiger partial charge < -0.3 is 31.1 Å². The second-order valence-corrected chi connectivity index (χ2v) is 18.8. The van der Waals surface area contributed by atoms with E-state index < -0.39 is 0 Å². The fourth-order valence-corrected chi connectivity index (χ4v) is 9.47. The van der Waals surface area contributed by atoms with Gasteiger partial charge in [0, 0.05) is 85.1 Å². The van der Waals surface area contributed by atoms with E-state index in [9.17, 15) is 14.0 Å². The minimum Gasteiger partial charge on any atom is -0.338 e. The molecule has 0 saturated carbocycles. The van der Waals surface area contributed by atoms with Crippen molar-refractivity contribution in [2.45, 2.75) is 64.7 Å². The summed E-state index contributed by atoms with van der Waals surface area (Å²) in [4.78, 5) is 30.1. The number of nitrogens with one attached hydrogen (secondary N) is 4. The van der Waals surface area contributed by atoms with Crippen molar-refractivity contribution in [1.29, 1.82) is 0 Å². The van der Waals surface area contributed by atoms with Gasteiger partial charge in [-0.15, -0.1) is 10.2 Å². The minimum atomic E-state index is -0.204. The number of rotatable bonds is 17. The fraction of sp³-hybridized carbons (Fsp3) is 0.440. The van der Waals surface area contributed by atoms with Crippen molar-refractivity contribution in [1.82, 2.24) is 60.8 Å². The lowest BCUT2D eigenvalue weighted by Crippen LogP contribution is -2.42. The number of likely N-dealkylation sites (tertiary alicyclic amines) is 2. The van der Waals surface area contributed by atoms with Crippen molar-refractivity contribution >= 4 is 46.6 Å². The minimum absolute atomic E-state index is 0. The molecule has 2 saturated heterocycles. The Hall–Kier alpha value is -6.01. The number of urea groups is 2. The molecule has 2 fully saturated rings. The third kappa shape index (κ3) is 15.8. The van der Waals surface area contributed by atoms with Crippen LogP contribution in [0, 0.1) is 17.7 Å². The number of carbonyl (C=O) groups excluding carboxylic acids is 2. The van der Waals surface area contributed by atoms with E-state index in [-0.39, 0.29) is 23.6 Å². The predicted molar refractivity (Wildman–Crippen MR) is 278 cm³/mol. The van der Waals surface area contributed by atoms with E-state index in [4.69, 9.17) is 23.2 Å². The van der Waals surface area contributed by atoms with Gasteiger partial charge in [-0.25, -0.2) is 23.3 Å². The molecule has 4 N–H and O–H groups in total. The first-order valence-electron chi connectivity index (χ1n) is 23.9. The van der Waals surface area contributed by atoms with E-state index in [1.54, 1.807) is 29.5 Å². The zero-order valence-electron chi connectivity index (χ0n) is 39.7. The van der Waals surface area contributed by atoms with Gasteiger partial charge in [-0.1, -0.05) is 60.5 Å². The third-order valence-corrected chi connectivity index (χ3v) is 13.2. The number of aromatic nitrogens is 8. The molecule has 2 aromatic heterocycles. The summed E-state index contributed by atoms with van der Waals surface area (Å²) in [5, 5.41) is 36.6. The molecule has 2 aliphatic rings. The van der Waals surface area contributed by atoms with Crippen LogP contribution in [0.5, 0.6) is 0 Å². The van der Waals surface area contributed by atoms with Gasteiger partial charge in [-0.05, 0) is 181 Å². The zero-order chi connectivity index (χ0) is 48.5. The standard InChI is InChI=1S/C25H31Cl2N7O.C25H32FN7O.4H2/c1-3-17-11-20(24-30-31-32-33(24)2)13-22(12-17)29-25(35)28-15-18-5-4-9-34(16-18)10-8-19-6-7-21(26)14-23(19)27;1-32-24(29-30-31-32)21-8-4-9-23(16-21)28-25(34)27-17-20-7-5-15-33(18-20)14-3-2-6-19-10-12-22(26)13-11-19;;;;/h6-7,11-14,18H,3-5,8-10,15-16H2,1-2H3,(H2,28,29,35);4,8-13,16,20H,2-3,5-7,14-15,17-18H2,1H3,(H2,27,28,34);4*1H/t18-;;;;;/m0...../s1. The van der Waals surface area contributed by atoms with Gasteiger partial charge >= 0.3 is 12.1 Å². The van der Waals surface area contributed by atoms with Crippen LogP contribution in [0.25, 0.3) is 22.8 Å². The van der Waals surface area contributed by atoms with Crippen LogP contribution in [-0.2, 0) is 33.4 Å². The van der Waals surface area contributed by atoms with Gasteiger partial charge in [0.1, 0.15) is 5.82 Å². The average molecular weight is 990 g/mol. The smallest absolute Gasteiger partial charge is 0.319 e. The average Bonchev–Trinajstić information content (AvgIpc) is 3.99. The maximum absolute atomic E-state index is 13.0. The Labute approximate surface area is 419 Å². The molecule has 4 amide bonds. The summed E-state index contributed by atoms with van der Waals surface area (Å²) in [6, 6.07) is 25.5. The quantitative estimate of drug-likeness (QED) is 0.0644. The van der Waals surface area contributed by atoms with Crippen molar-refractivity contribution in [3.05, 3.63) is 117 Å². The Morgan fingerprint density at radius 1 is 0.696 bits per heavy atom. The first kappa shape index (κ1) is 50.9. The van der Waals surface area contributed by atoms with Gasteiger partial charge in [0.05, 0.1) is 0 Å². The lowest BCUT2D eigenvalue weighted by atomic mass is 9.97. The summed E-state index contributed by atoms with van der Waals surface area (Å²) in [7, 11) is 3.58. The predicted octanol–water partition coefficient (Wildman–Crippen LogP) is 9.68. The van der Waals surface area contributed by atoms with Crippen molar-refractivity contribution in [2.75, 3.05) is 63.0 Å². The lowest BCUT2D eigenvalue weighted by molar-refractivity contribution is 0.170. The maximum atomic E-state index is 13.0. The largest absolute Gasteiger partial charge is 0.338 e. The first-order valence-corrected chi connectivity index (χ1v) is 24.7. The highest BCUT2D eigenvalue weighted by Gasteiger charge is 2.22. The summed E-state index contributed by atoms with van der Waals surface area (Å²) in [5.41, 5.74) is 6.54. The monoisotopic (exact) mass is 989 g/mol. The molecule has 19 heteroatoms. The third-order valence-electron chi connectivity index (χ3n) is 12.7. The van der Waals surface area contributed by atoms with Gasteiger partial charge in [0.15, 0.2) is 11.6 Å². The lowest BCUT2D eigenvalue weighted by Gasteiger charge is -2.33. The number of aryl methyl sites for hydroxylation is 4. The molecule has 8 rings (SSSR count). The second kappa shape index (κ2) is 25.6. The van der Waals surface area contributed by atoms with E-state index in [1.165, 1.54) is 17.7 Å².